The van der Waals surface area contributed by atoms with Gasteiger partial charge in [0.2, 0.25) is 6.10 Å². The van der Waals surface area contributed by atoms with Crippen LogP contribution in [0.25, 0.3) is 0 Å². The van der Waals surface area contributed by atoms with Crippen molar-refractivity contribution in [1.82, 2.24) is 0 Å². The fraction of sp³-hybridized carbons (Fsp3) is 0.915. The predicted molar refractivity (Wildman–Crippen MR) is 271 cm³/mol. The summed E-state index contributed by atoms with van der Waals surface area (Å²) in [7, 11) is 0. The molecule has 0 aromatic heterocycles. The van der Waals surface area contributed by atoms with Gasteiger partial charge in [-0.05, 0) is 74.2 Å². The van der Waals surface area contributed by atoms with Crippen LogP contribution in [0.4, 0.5) is 0 Å². The van der Waals surface area contributed by atoms with Crippen molar-refractivity contribution in [3.05, 3.63) is 12.2 Å². The number of hydrogen-bond acceptors (Lipinski definition) is 8. The van der Waals surface area contributed by atoms with Crippen LogP contribution in [0.2, 0.25) is 0 Å². The Labute approximate surface area is 410 Å². The molecular formula is C59H102O8. The number of hydrogen-bond donors (Lipinski definition) is 0. The van der Waals surface area contributed by atoms with Crippen molar-refractivity contribution < 1.29 is 38.4 Å². The highest BCUT2D eigenvalue weighted by Gasteiger charge is 2.74. The van der Waals surface area contributed by atoms with Crippen LogP contribution < -0.4 is 0 Å². The zero-order valence-corrected chi connectivity index (χ0v) is 44.4. The van der Waals surface area contributed by atoms with Crippen LogP contribution in [0.15, 0.2) is 12.2 Å². The molecule has 2 heterocycles. The lowest BCUT2D eigenvalue weighted by Crippen LogP contribution is -2.73. The highest BCUT2D eigenvalue weighted by atomic mass is 17.2. The lowest BCUT2D eigenvalue weighted by Gasteiger charge is -2.69. The van der Waals surface area contributed by atoms with Gasteiger partial charge in [-0.2, -0.15) is 0 Å². The van der Waals surface area contributed by atoms with Gasteiger partial charge in [-0.3, -0.25) is 9.59 Å². The first-order valence-electron chi connectivity index (χ1n) is 28.9. The lowest BCUT2D eigenvalue weighted by molar-refractivity contribution is -0.497. The molecule has 0 aromatic carbocycles. The van der Waals surface area contributed by atoms with E-state index in [1.54, 1.807) is 0 Å². The van der Waals surface area contributed by atoms with E-state index in [0.29, 0.717) is 36.5 Å². The molecule has 1 saturated heterocycles. The lowest BCUT2D eigenvalue weighted by atomic mass is 9.42. The third-order valence-corrected chi connectivity index (χ3v) is 18.3. The zero-order valence-electron chi connectivity index (χ0n) is 44.4. The normalized spacial score (nSPS) is 30.4. The van der Waals surface area contributed by atoms with Crippen molar-refractivity contribution in [2.45, 2.75) is 297 Å². The maximum absolute atomic E-state index is 13.6. The van der Waals surface area contributed by atoms with E-state index in [9.17, 15) is 14.4 Å². The van der Waals surface area contributed by atoms with Crippen molar-refractivity contribution in [3.63, 3.8) is 0 Å². The van der Waals surface area contributed by atoms with Gasteiger partial charge in [-0.1, -0.05) is 215 Å². The van der Waals surface area contributed by atoms with Gasteiger partial charge in [0.05, 0.1) is 0 Å². The molecule has 386 valence electrons. The third kappa shape index (κ3) is 15.5. The predicted octanol–water partition coefficient (Wildman–Crippen LogP) is 16.2. The second-order valence-corrected chi connectivity index (χ2v) is 23.8. The number of carbonyl (C=O) groups excluding carboxylic acids is 3. The van der Waals surface area contributed by atoms with Gasteiger partial charge in [0.15, 0.2) is 0 Å². The molecule has 4 fully saturated rings. The molecule has 8 heteroatoms. The summed E-state index contributed by atoms with van der Waals surface area (Å²) in [6.45, 7) is 15.3. The highest BCUT2D eigenvalue weighted by molar-refractivity contribution is 5.79. The van der Waals surface area contributed by atoms with Gasteiger partial charge in [0.1, 0.15) is 23.9 Å². The van der Waals surface area contributed by atoms with Gasteiger partial charge < -0.3 is 14.2 Å². The third-order valence-electron chi connectivity index (χ3n) is 18.3. The average molecular weight is 939 g/mol. The topological polar surface area (TPSA) is 97.4 Å². The van der Waals surface area contributed by atoms with Crippen LogP contribution in [0.5, 0.6) is 0 Å². The molecular weight excluding hydrogens is 837 g/mol. The molecule has 10 unspecified atom stereocenters. The van der Waals surface area contributed by atoms with Crippen LogP contribution in [0.3, 0.4) is 0 Å². The maximum atomic E-state index is 13.6. The van der Waals surface area contributed by atoms with Crippen LogP contribution in [-0.2, 0) is 38.4 Å². The SMILES string of the molecule is CCCCCCCCCCCCCCCCCCCCCCCCCCC(=O)OCC(OC(C)=O)C(=O)OC1CCC2(C)C3CCC4(C)C(C(C)CCCC(C)C)CCC4C34C=CC2(C1)OO4. The molecule has 0 amide bonds. The summed E-state index contributed by atoms with van der Waals surface area (Å²) >= 11 is 0. The van der Waals surface area contributed by atoms with Crippen molar-refractivity contribution in [3.8, 4) is 0 Å². The summed E-state index contributed by atoms with van der Waals surface area (Å²) in [5.41, 5.74) is -1.05. The monoisotopic (exact) mass is 939 g/mol. The Morgan fingerprint density at radius 1 is 0.627 bits per heavy atom. The summed E-state index contributed by atoms with van der Waals surface area (Å²) < 4.78 is 16.9. The van der Waals surface area contributed by atoms with Crippen molar-refractivity contribution in [2.75, 3.05) is 6.61 Å². The molecule has 2 spiro atoms. The quantitative estimate of drug-likeness (QED) is 0.0204. The van der Waals surface area contributed by atoms with Crippen LogP contribution in [0, 0.1) is 40.4 Å². The van der Waals surface area contributed by atoms with Gasteiger partial charge in [-0.25, -0.2) is 14.6 Å². The van der Waals surface area contributed by atoms with Gasteiger partial charge in [0, 0.05) is 37.0 Å². The van der Waals surface area contributed by atoms with Crippen molar-refractivity contribution in [1.29, 1.82) is 0 Å². The number of rotatable bonds is 35. The summed E-state index contributed by atoms with van der Waals surface area (Å²) in [6, 6.07) is 0. The molecule has 4 aliphatic carbocycles. The fourth-order valence-electron chi connectivity index (χ4n) is 14.3. The molecule has 67 heavy (non-hydrogen) atoms. The summed E-state index contributed by atoms with van der Waals surface area (Å²) in [5.74, 6) is 1.24. The molecule has 8 nitrogen and oxygen atoms in total. The van der Waals surface area contributed by atoms with Crippen LogP contribution >= 0.6 is 0 Å². The van der Waals surface area contributed by atoms with E-state index in [-0.39, 0.29) is 29.8 Å². The molecule has 2 bridgehead atoms. The summed E-state index contributed by atoms with van der Waals surface area (Å²) in [5, 5.41) is 0. The van der Waals surface area contributed by atoms with E-state index in [2.05, 4.69) is 53.7 Å². The number of ether oxygens (including phenoxy) is 3. The van der Waals surface area contributed by atoms with Gasteiger partial charge >= 0.3 is 17.9 Å². The average Bonchev–Trinajstić information content (AvgIpc) is 3.67. The number of carbonyl (C=O) groups is 3. The Morgan fingerprint density at radius 2 is 1.18 bits per heavy atom. The maximum Gasteiger partial charge on any atom is 0.351 e. The van der Waals surface area contributed by atoms with E-state index >= 15 is 0 Å². The highest BCUT2D eigenvalue weighted by Crippen LogP contribution is 2.73. The van der Waals surface area contributed by atoms with E-state index < -0.39 is 35.3 Å². The molecule has 0 radical (unpaired) electrons. The van der Waals surface area contributed by atoms with Crippen molar-refractivity contribution in [2.24, 2.45) is 40.4 Å². The Balaban J connectivity index is 0.915. The number of unbranched alkanes of at least 4 members (excludes halogenated alkanes) is 23. The van der Waals surface area contributed by atoms with E-state index in [1.807, 2.05) is 0 Å². The van der Waals surface area contributed by atoms with E-state index in [1.165, 1.54) is 180 Å². The van der Waals surface area contributed by atoms with Crippen LogP contribution in [-0.4, -0.2) is 47.9 Å². The van der Waals surface area contributed by atoms with Crippen molar-refractivity contribution >= 4 is 17.9 Å². The first-order chi connectivity index (χ1) is 32.3. The molecule has 6 aliphatic rings. The first-order valence-corrected chi connectivity index (χ1v) is 28.9. The Bertz CT molecular complexity index is 1490. The Morgan fingerprint density at radius 3 is 1.69 bits per heavy atom. The zero-order chi connectivity index (χ0) is 48.2. The van der Waals surface area contributed by atoms with Gasteiger partial charge in [0.25, 0.3) is 0 Å². The molecule has 0 N–H and O–H groups in total. The molecule has 2 aliphatic heterocycles. The Hall–Kier alpha value is -1.93. The molecule has 3 saturated carbocycles. The second kappa shape index (κ2) is 28.2. The number of esters is 3. The minimum atomic E-state index is -1.30. The molecule has 0 aromatic rings. The second-order valence-electron chi connectivity index (χ2n) is 23.8. The van der Waals surface area contributed by atoms with E-state index in [4.69, 9.17) is 24.0 Å². The first kappa shape index (κ1) is 56.0. The standard InChI is InChI=1S/C59H102O8/c1-8-9-10-11-12-13-14-15-16-17-18-19-20-21-22-23-24-25-26-27-28-29-30-31-35-54(61)63-45-51(64-48(5)60)55(62)65-49-38-41-57(7)53-39-40-56(6)50(47(4)34-32-33-46(2)3)36-37-52(56)59(53)43-42-58(57,44-49)66-67-59/h42-43,46-47,49-53H,8-41,44-45H2,1-7H3. The van der Waals surface area contributed by atoms with Gasteiger partial charge in [-0.15, -0.1) is 0 Å². The largest absolute Gasteiger partial charge is 0.461 e. The fourth-order valence-corrected chi connectivity index (χ4v) is 14.3. The smallest absolute Gasteiger partial charge is 0.351 e. The minimum Gasteiger partial charge on any atom is -0.461 e. The summed E-state index contributed by atoms with van der Waals surface area (Å²) in [4.78, 5) is 51.6. The number of fused-ring (bicyclic) bond motifs is 2. The molecule has 6 rings (SSSR count). The summed E-state index contributed by atoms with van der Waals surface area (Å²) in [6.07, 6.45) is 45.8. The molecule has 10 atom stereocenters. The Kier molecular flexibility index (Phi) is 23.6. The van der Waals surface area contributed by atoms with E-state index in [0.717, 1.165) is 38.0 Å². The van der Waals surface area contributed by atoms with Crippen LogP contribution in [0.1, 0.15) is 273 Å². The minimum absolute atomic E-state index is 0.152.